The molecule has 0 bridgehead atoms. The maximum absolute atomic E-state index is 11.9. The Morgan fingerprint density at radius 3 is 2.72 bits per heavy atom. The molecule has 5 heteroatoms. The van der Waals surface area contributed by atoms with Crippen molar-refractivity contribution >= 4 is 11.7 Å². The van der Waals surface area contributed by atoms with Crippen LogP contribution < -0.4 is 11.1 Å². The molecule has 0 spiro atoms. The van der Waals surface area contributed by atoms with Gasteiger partial charge >= 0.3 is 6.03 Å². The van der Waals surface area contributed by atoms with Gasteiger partial charge < -0.3 is 21.1 Å². The molecule has 98 valence electrons. The van der Waals surface area contributed by atoms with Gasteiger partial charge in [0.25, 0.3) is 0 Å². The van der Waals surface area contributed by atoms with Crippen molar-refractivity contribution in [3.63, 3.8) is 0 Å². The summed E-state index contributed by atoms with van der Waals surface area (Å²) in [6.07, 6.45) is 0.871. The average Bonchev–Trinajstić information content (AvgIpc) is 2.88. The summed E-state index contributed by atoms with van der Waals surface area (Å²) in [4.78, 5) is 13.7. The predicted octanol–water partition coefficient (Wildman–Crippen LogP) is 0.991. The van der Waals surface area contributed by atoms with E-state index in [2.05, 4.69) is 5.32 Å². The minimum Gasteiger partial charge on any atom is -0.396 e. The first-order chi connectivity index (χ1) is 8.72. The molecule has 1 atom stereocenters. The Bertz CT molecular complexity index is 405. The Morgan fingerprint density at radius 1 is 1.44 bits per heavy atom. The van der Waals surface area contributed by atoms with Gasteiger partial charge in [0, 0.05) is 37.8 Å². The van der Waals surface area contributed by atoms with Gasteiger partial charge in [0.1, 0.15) is 0 Å². The standard InChI is InChI=1S/C13H19N3O2/c14-7-10-1-3-12(4-2-10)15-13(18)16-6-5-11(8-16)9-17/h1-4,11,17H,5-9,14H2,(H,15,18). The predicted molar refractivity (Wildman–Crippen MR) is 70.1 cm³/mol. The van der Waals surface area contributed by atoms with Gasteiger partial charge in [-0.3, -0.25) is 0 Å². The number of hydrogen-bond acceptors (Lipinski definition) is 3. The zero-order valence-corrected chi connectivity index (χ0v) is 10.3. The van der Waals surface area contributed by atoms with Crippen molar-refractivity contribution in [1.29, 1.82) is 0 Å². The number of carbonyl (C=O) groups is 1. The van der Waals surface area contributed by atoms with Gasteiger partial charge in [0.2, 0.25) is 0 Å². The molecule has 1 aromatic carbocycles. The van der Waals surface area contributed by atoms with Crippen molar-refractivity contribution in [1.82, 2.24) is 4.90 Å². The van der Waals surface area contributed by atoms with Gasteiger partial charge in [-0.2, -0.15) is 0 Å². The van der Waals surface area contributed by atoms with Crippen molar-refractivity contribution in [2.24, 2.45) is 11.7 Å². The van der Waals surface area contributed by atoms with Crippen molar-refractivity contribution in [3.05, 3.63) is 29.8 Å². The van der Waals surface area contributed by atoms with Crippen molar-refractivity contribution < 1.29 is 9.90 Å². The van der Waals surface area contributed by atoms with Crippen LogP contribution in [-0.2, 0) is 6.54 Å². The topological polar surface area (TPSA) is 78.6 Å². The average molecular weight is 249 g/mol. The number of carbonyl (C=O) groups excluding carboxylic acids is 1. The molecule has 1 aliphatic heterocycles. The molecule has 1 heterocycles. The molecular weight excluding hydrogens is 230 g/mol. The number of nitrogens with one attached hydrogen (secondary N) is 1. The zero-order valence-electron chi connectivity index (χ0n) is 10.3. The Hall–Kier alpha value is -1.59. The number of nitrogens with two attached hydrogens (primary N) is 1. The number of hydrogen-bond donors (Lipinski definition) is 3. The molecule has 4 N–H and O–H groups in total. The highest BCUT2D eigenvalue weighted by molar-refractivity contribution is 5.89. The van der Waals surface area contributed by atoms with Crippen LogP contribution >= 0.6 is 0 Å². The van der Waals surface area contributed by atoms with E-state index in [1.165, 1.54) is 0 Å². The maximum atomic E-state index is 11.9. The minimum atomic E-state index is -0.105. The maximum Gasteiger partial charge on any atom is 0.321 e. The number of aliphatic hydroxyl groups is 1. The highest BCUT2D eigenvalue weighted by Gasteiger charge is 2.25. The Labute approximate surface area is 107 Å². The van der Waals surface area contributed by atoms with E-state index in [0.29, 0.717) is 19.6 Å². The molecule has 1 unspecified atom stereocenters. The third kappa shape index (κ3) is 3.00. The lowest BCUT2D eigenvalue weighted by molar-refractivity contribution is 0.209. The summed E-state index contributed by atoms with van der Waals surface area (Å²) in [6, 6.07) is 7.39. The first-order valence-corrected chi connectivity index (χ1v) is 6.18. The van der Waals surface area contributed by atoms with Crippen LogP contribution in [0.4, 0.5) is 10.5 Å². The number of aliphatic hydroxyl groups excluding tert-OH is 1. The van der Waals surface area contributed by atoms with Gasteiger partial charge in [-0.15, -0.1) is 0 Å². The highest BCUT2D eigenvalue weighted by Crippen LogP contribution is 2.17. The van der Waals surface area contributed by atoms with Crippen molar-refractivity contribution in [3.8, 4) is 0 Å². The molecule has 1 saturated heterocycles. The van der Waals surface area contributed by atoms with E-state index in [-0.39, 0.29) is 18.6 Å². The summed E-state index contributed by atoms with van der Waals surface area (Å²) in [6.45, 7) is 1.98. The summed E-state index contributed by atoms with van der Waals surface area (Å²) in [5.74, 6) is 0.218. The third-order valence-electron chi connectivity index (χ3n) is 3.27. The Morgan fingerprint density at radius 2 is 2.17 bits per heavy atom. The quantitative estimate of drug-likeness (QED) is 0.747. The van der Waals surface area contributed by atoms with Crippen molar-refractivity contribution in [2.75, 3.05) is 25.0 Å². The fourth-order valence-electron chi connectivity index (χ4n) is 2.09. The van der Waals surface area contributed by atoms with Crippen LogP contribution in [0.1, 0.15) is 12.0 Å². The molecule has 2 rings (SSSR count). The number of anilines is 1. The van der Waals surface area contributed by atoms with E-state index >= 15 is 0 Å². The lowest BCUT2D eigenvalue weighted by Gasteiger charge is -2.17. The number of urea groups is 1. The fraction of sp³-hybridized carbons (Fsp3) is 0.462. The zero-order chi connectivity index (χ0) is 13.0. The van der Waals surface area contributed by atoms with E-state index in [9.17, 15) is 4.79 Å². The molecule has 0 aliphatic carbocycles. The van der Waals surface area contributed by atoms with Crippen LogP contribution in [0.5, 0.6) is 0 Å². The van der Waals surface area contributed by atoms with Gasteiger partial charge in [0.05, 0.1) is 0 Å². The number of nitrogens with zero attached hydrogens (tertiary/aromatic N) is 1. The van der Waals surface area contributed by atoms with E-state index in [1.807, 2.05) is 24.3 Å². The fourth-order valence-corrected chi connectivity index (χ4v) is 2.09. The second kappa shape index (κ2) is 5.84. The van der Waals surface area contributed by atoms with E-state index in [0.717, 1.165) is 17.7 Å². The van der Waals surface area contributed by atoms with Gasteiger partial charge in [-0.1, -0.05) is 12.1 Å². The lowest BCUT2D eigenvalue weighted by atomic mass is 10.1. The highest BCUT2D eigenvalue weighted by atomic mass is 16.3. The Balaban J connectivity index is 1.90. The molecule has 0 aromatic heterocycles. The largest absolute Gasteiger partial charge is 0.396 e. The first kappa shape index (κ1) is 12.9. The van der Waals surface area contributed by atoms with Gasteiger partial charge in [-0.05, 0) is 24.1 Å². The van der Waals surface area contributed by atoms with Gasteiger partial charge in [-0.25, -0.2) is 4.79 Å². The van der Waals surface area contributed by atoms with Crippen molar-refractivity contribution in [2.45, 2.75) is 13.0 Å². The first-order valence-electron chi connectivity index (χ1n) is 6.18. The van der Waals surface area contributed by atoms with Crippen LogP contribution in [0.15, 0.2) is 24.3 Å². The molecule has 5 nitrogen and oxygen atoms in total. The van der Waals surface area contributed by atoms with Gasteiger partial charge in [0.15, 0.2) is 0 Å². The molecule has 1 aromatic rings. The smallest absolute Gasteiger partial charge is 0.321 e. The lowest BCUT2D eigenvalue weighted by Crippen LogP contribution is -2.33. The second-order valence-electron chi connectivity index (χ2n) is 4.61. The summed E-state index contributed by atoms with van der Waals surface area (Å²) in [7, 11) is 0. The van der Waals surface area contributed by atoms with Crippen LogP contribution in [0, 0.1) is 5.92 Å². The molecule has 2 amide bonds. The SMILES string of the molecule is NCc1ccc(NC(=O)N2CCC(CO)C2)cc1. The third-order valence-corrected chi connectivity index (χ3v) is 3.27. The van der Waals surface area contributed by atoms with E-state index < -0.39 is 0 Å². The molecule has 18 heavy (non-hydrogen) atoms. The monoisotopic (exact) mass is 249 g/mol. The van der Waals surface area contributed by atoms with Crippen LogP contribution in [0.25, 0.3) is 0 Å². The molecule has 1 fully saturated rings. The van der Waals surface area contributed by atoms with Crippen LogP contribution in [0.2, 0.25) is 0 Å². The Kier molecular flexibility index (Phi) is 4.17. The number of rotatable bonds is 3. The van der Waals surface area contributed by atoms with E-state index in [1.54, 1.807) is 4.90 Å². The number of amides is 2. The number of benzene rings is 1. The molecule has 0 saturated carbocycles. The second-order valence-corrected chi connectivity index (χ2v) is 4.61. The van der Waals surface area contributed by atoms with E-state index in [4.69, 9.17) is 10.8 Å². The summed E-state index contributed by atoms with van der Waals surface area (Å²) >= 11 is 0. The van der Waals surface area contributed by atoms with Crippen LogP contribution in [0.3, 0.4) is 0 Å². The summed E-state index contributed by atoms with van der Waals surface area (Å²) < 4.78 is 0. The molecule has 1 aliphatic rings. The van der Waals surface area contributed by atoms with Crippen LogP contribution in [-0.4, -0.2) is 35.7 Å². The summed E-state index contributed by atoms with van der Waals surface area (Å²) in [5.41, 5.74) is 7.32. The number of likely N-dealkylation sites (tertiary alicyclic amines) is 1. The molecular formula is C13H19N3O2. The minimum absolute atomic E-state index is 0.105. The normalized spacial score (nSPS) is 19.0. The molecule has 0 radical (unpaired) electrons. The summed E-state index contributed by atoms with van der Waals surface area (Å²) in [5, 5.41) is 11.9.